The van der Waals surface area contributed by atoms with Gasteiger partial charge >= 0.3 is 0 Å². The highest BCUT2D eigenvalue weighted by atomic mass is 32.2. The Bertz CT molecular complexity index is 1000. The van der Waals surface area contributed by atoms with E-state index in [2.05, 4.69) is 5.32 Å². The number of nitrogens with one attached hydrogen (secondary N) is 1. The second kappa shape index (κ2) is 7.31. The SMILES string of the molecule is CC(C)C[C@H](C(=O)Nc1ccc(S(N)(=O)=O)cc1)N1C(=O)[C@H]2[C@H](C1=O)[C@H]1C=C[C@H]2C1. The van der Waals surface area contributed by atoms with Crippen molar-refractivity contribution in [3.63, 3.8) is 0 Å². The van der Waals surface area contributed by atoms with Crippen molar-refractivity contribution < 1.29 is 22.8 Å². The largest absolute Gasteiger partial charge is 0.324 e. The minimum Gasteiger partial charge on any atom is -0.324 e. The summed E-state index contributed by atoms with van der Waals surface area (Å²) in [7, 11) is -3.84. The van der Waals surface area contributed by atoms with Gasteiger partial charge in [0.2, 0.25) is 27.7 Å². The van der Waals surface area contributed by atoms with Crippen molar-refractivity contribution in [3.8, 4) is 0 Å². The quantitative estimate of drug-likeness (QED) is 0.521. The molecule has 0 unspecified atom stereocenters. The van der Waals surface area contributed by atoms with E-state index in [9.17, 15) is 22.8 Å². The van der Waals surface area contributed by atoms with Crippen LogP contribution in [0.3, 0.4) is 0 Å². The zero-order chi connectivity index (χ0) is 21.8. The minimum absolute atomic E-state index is 0.0695. The Labute approximate surface area is 175 Å². The van der Waals surface area contributed by atoms with Crippen LogP contribution in [0.1, 0.15) is 26.7 Å². The van der Waals surface area contributed by atoms with Crippen LogP contribution in [-0.2, 0) is 24.4 Å². The summed E-state index contributed by atoms with van der Waals surface area (Å²) in [6.07, 6.45) is 5.22. The summed E-state index contributed by atoms with van der Waals surface area (Å²) in [6.45, 7) is 3.86. The van der Waals surface area contributed by atoms with Crippen LogP contribution in [0.2, 0.25) is 0 Å². The zero-order valence-corrected chi connectivity index (χ0v) is 17.6. The van der Waals surface area contributed by atoms with Crippen molar-refractivity contribution in [2.24, 2.45) is 34.7 Å². The van der Waals surface area contributed by atoms with Crippen LogP contribution in [0.5, 0.6) is 0 Å². The maximum absolute atomic E-state index is 13.1. The second-order valence-corrected chi connectivity index (χ2v) is 10.3. The number of primary sulfonamides is 1. The van der Waals surface area contributed by atoms with Crippen molar-refractivity contribution in [3.05, 3.63) is 36.4 Å². The van der Waals surface area contributed by atoms with Crippen LogP contribution in [0.25, 0.3) is 0 Å². The first-order valence-electron chi connectivity index (χ1n) is 10.1. The summed E-state index contributed by atoms with van der Waals surface area (Å²) >= 11 is 0. The Morgan fingerprint density at radius 3 is 2.10 bits per heavy atom. The first-order valence-corrected chi connectivity index (χ1v) is 11.6. The molecule has 1 heterocycles. The number of anilines is 1. The maximum Gasteiger partial charge on any atom is 0.247 e. The van der Waals surface area contributed by atoms with E-state index >= 15 is 0 Å². The molecule has 0 radical (unpaired) electrons. The van der Waals surface area contributed by atoms with Gasteiger partial charge in [0.1, 0.15) is 6.04 Å². The van der Waals surface area contributed by atoms with Crippen LogP contribution in [0, 0.1) is 29.6 Å². The molecule has 1 aromatic carbocycles. The molecule has 160 valence electrons. The van der Waals surface area contributed by atoms with Crippen molar-refractivity contribution in [2.45, 2.75) is 37.6 Å². The lowest BCUT2D eigenvalue weighted by Gasteiger charge is -2.28. The van der Waals surface area contributed by atoms with E-state index in [1.807, 2.05) is 26.0 Å². The van der Waals surface area contributed by atoms with Gasteiger partial charge in [0.05, 0.1) is 16.7 Å². The van der Waals surface area contributed by atoms with E-state index in [4.69, 9.17) is 5.14 Å². The first-order chi connectivity index (χ1) is 14.1. The first kappa shape index (κ1) is 20.7. The number of nitrogens with two attached hydrogens (primary N) is 1. The monoisotopic (exact) mass is 431 g/mol. The van der Waals surface area contributed by atoms with Gasteiger partial charge in [0, 0.05) is 5.69 Å². The van der Waals surface area contributed by atoms with E-state index in [1.54, 1.807) is 0 Å². The molecule has 2 aliphatic carbocycles. The van der Waals surface area contributed by atoms with Gasteiger partial charge in [0.15, 0.2) is 0 Å². The standard InChI is InChI=1S/C21H25N3O5S/c1-11(2)9-16(19(25)23-14-5-7-15(8-6-14)30(22,28)29)24-20(26)17-12-3-4-13(10-12)18(17)21(24)27/h3-8,11-13,16-18H,9-10H2,1-2H3,(H,23,25)(H2,22,28,29)/t12-,13-,16+,17+,18+/m0/s1. The van der Waals surface area contributed by atoms with Crippen molar-refractivity contribution in [1.82, 2.24) is 4.90 Å². The fourth-order valence-electron chi connectivity index (χ4n) is 4.96. The average Bonchev–Trinajstić information content (AvgIpc) is 3.33. The van der Waals surface area contributed by atoms with Crippen LogP contribution >= 0.6 is 0 Å². The zero-order valence-electron chi connectivity index (χ0n) is 16.8. The third-order valence-corrected chi connectivity index (χ3v) is 7.19. The van der Waals surface area contributed by atoms with Crippen molar-refractivity contribution in [2.75, 3.05) is 5.32 Å². The molecular formula is C21H25N3O5S. The molecule has 1 aromatic rings. The van der Waals surface area contributed by atoms with Crippen LogP contribution in [0.15, 0.2) is 41.3 Å². The molecule has 1 aliphatic heterocycles. The molecule has 3 aliphatic rings. The third kappa shape index (κ3) is 3.45. The lowest BCUT2D eigenvalue weighted by Crippen LogP contribution is -2.49. The maximum atomic E-state index is 13.1. The number of carbonyl (C=O) groups is 3. The molecule has 9 heteroatoms. The van der Waals surface area contributed by atoms with Gasteiger partial charge in [-0.2, -0.15) is 0 Å². The molecule has 5 atom stereocenters. The number of imide groups is 1. The summed E-state index contributed by atoms with van der Waals surface area (Å²) in [5.74, 6) is -1.45. The number of amides is 3. The summed E-state index contributed by atoms with van der Waals surface area (Å²) < 4.78 is 22.8. The predicted octanol–water partition coefficient (Wildman–Crippen LogP) is 1.49. The number of hydrogen-bond donors (Lipinski definition) is 2. The van der Waals surface area contributed by atoms with E-state index < -0.39 is 22.0 Å². The summed E-state index contributed by atoms with van der Waals surface area (Å²) in [4.78, 5) is 40.5. The van der Waals surface area contributed by atoms with Crippen molar-refractivity contribution in [1.29, 1.82) is 0 Å². The van der Waals surface area contributed by atoms with Gasteiger partial charge in [-0.25, -0.2) is 13.6 Å². The number of benzene rings is 1. The van der Waals surface area contributed by atoms with E-state index in [-0.39, 0.29) is 46.3 Å². The minimum atomic E-state index is -3.84. The highest BCUT2D eigenvalue weighted by Crippen LogP contribution is 2.53. The number of fused-ring (bicyclic) bond motifs is 5. The van der Waals surface area contributed by atoms with Gasteiger partial charge in [-0.15, -0.1) is 0 Å². The van der Waals surface area contributed by atoms with E-state index in [0.29, 0.717) is 12.1 Å². The summed E-state index contributed by atoms with van der Waals surface area (Å²) in [5.41, 5.74) is 0.363. The Morgan fingerprint density at radius 2 is 1.63 bits per heavy atom. The van der Waals surface area contributed by atoms with E-state index in [1.165, 1.54) is 29.2 Å². The molecule has 8 nitrogen and oxygen atoms in total. The fourth-order valence-corrected chi connectivity index (χ4v) is 5.48. The molecule has 0 spiro atoms. The normalized spacial score (nSPS) is 28.3. The highest BCUT2D eigenvalue weighted by Gasteiger charge is 2.61. The average molecular weight is 432 g/mol. The molecule has 4 rings (SSSR count). The number of carbonyl (C=O) groups excluding carboxylic acids is 3. The number of nitrogens with zero attached hydrogens (tertiary/aromatic N) is 1. The Hall–Kier alpha value is -2.52. The molecule has 3 N–H and O–H groups in total. The van der Waals surface area contributed by atoms with Gasteiger partial charge in [0.25, 0.3) is 0 Å². The lowest BCUT2D eigenvalue weighted by molar-refractivity contribution is -0.147. The van der Waals surface area contributed by atoms with Gasteiger partial charge in [-0.3, -0.25) is 19.3 Å². The summed E-state index contributed by atoms with van der Waals surface area (Å²) in [6, 6.07) is 4.53. The smallest absolute Gasteiger partial charge is 0.247 e. The predicted molar refractivity (Wildman–Crippen MR) is 109 cm³/mol. The molecule has 2 fully saturated rings. The Morgan fingerprint density at radius 1 is 1.10 bits per heavy atom. The molecule has 0 aromatic heterocycles. The fraction of sp³-hybridized carbons (Fsp3) is 0.476. The lowest BCUT2D eigenvalue weighted by atomic mass is 9.85. The van der Waals surface area contributed by atoms with Crippen LogP contribution in [-0.4, -0.2) is 37.1 Å². The molecule has 30 heavy (non-hydrogen) atoms. The molecule has 1 saturated heterocycles. The van der Waals surface area contributed by atoms with E-state index in [0.717, 1.165) is 6.42 Å². The molecule has 2 bridgehead atoms. The van der Waals surface area contributed by atoms with Gasteiger partial charge < -0.3 is 5.32 Å². The van der Waals surface area contributed by atoms with Crippen molar-refractivity contribution >= 4 is 33.4 Å². The number of rotatable bonds is 6. The van der Waals surface area contributed by atoms with Gasteiger partial charge in [-0.1, -0.05) is 26.0 Å². The molecule has 3 amide bonds. The highest BCUT2D eigenvalue weighted by molar-refractivity contribution is 7.89. The van der Waals surface area contributed by atoms with Crippen LogP contribution < -0.4 is 10.5 Å². The molecule has 1 saturated carbocycles. The second-order valence-electron chi connectivity index (χ2n) is 8.75. The Kier molecular flexibility index (Phi) is 5.06. The Balaban J connectivity index is 1.56. The van der Waals surface area contributed by atoms with Crippen LogP contribution in [0.4, 0.5) is 5.69 Å². The molecular weight excluding hydrogens is 406 g/mol. The third-order valence-electron chi connectivity index (χ3n) is 6.26. The topological polar surface area (TPSA) is 127 Å². The van der Waals surface area contributed by atoms with Gasteiger partial charge in [-0.05, 0) is 54.9 Å². The summed E-state index contributed by atoms with van der Waals surface area (Å²) in [5, 5.41) is 7.81. The number of hydrogen-bond acceptors (Lipinski definition) is 5. The number of allylic oxidation sites excluding steroid dienone is 2. The number of likely N-dealkylation sites (tertiary alicyclic amines) is 1. The number of sulfonamides is 1.